The van der Waals surface area contributed by atoms with Gasteiger partial charge in [-0.05, 0) is 25.1 Å². The van der Waals surface area contributed by atoms with Crippen LogP contribution in [0.15, 0.2) is 42.5 Å². The monoisotopic (exact) mass is 267 g/mol. The summed E-state index contributed by atoms with van der Waals surface area (Å²) in [6.07, 6.45) is 0. The summed E-state index contributed by atoms with van der Waals surface area (Å²) in [7, 11) is 1.68. The molecular weight excluding hydrogens is 250 g/mol. The van der Waals surface area contributed by atoms with Gasteiger partial charge in [0.1, 0.15) is 5.75 Å². The van der Waals surface area contributed by atoms with Gasteiger partial charge in [0.25, 0.3) is 0 Å². The van der Waals surface area contributed by atoms with E-state index in [0.717, 1.165) is 22.2 Å². The lowest BCUT2D eigenvalue weighted by Crippen LogP contribution is -2.04. The van der Waals surface area contributed by atoms with E-state index in [1.807, 2.05) is 41.1 Å². The van der Waals surface area contributed by atoms with Gasteiger partial charge in [0.15, 0.2) is 5.82 Å². The number of nitrogens with two attached hydrogens (primary N) is 1. The standard InChI is InChI=1S/C16H17N3O/c1-11-7-8-15(20-2)12(9-11)10-19-14-6-4-3-5-13(14)16(17)18-19/h3-9H,10H2,1-2H3,(H2,17,18). The Morgan fingerprint density at radius 1 is 1.20 bits per heavy atom. The van der Waals surface area contributed by atoms with Crippen molar-refractivity contribution in [3.8, 4) is 5.75 Å². The normalized spacial score (nSPS) is 10.9. The number of para-hydroxylation sites is 1. The number of nitrogens with zero attached hydrogens (tertiary/aromatic N) is 2. The van der Waals surface area contributed by atoms with Gasteiger partial charge in [-0.15, -0.1) is 0 Å². The number of fused-ring (bicyclic) bond motifs is 1. The fourth-order valence-electron chi connectivity index (χ4n) is 2.47. The first kappa shape index (κ1) is 12.5. The first-order chi connectivity index (χ1) is 9.69. The van der Waals surface area contributed by atoms with Crippen LogP contribution in [0.4, 0.5) is 5.82 Å². The number of hydrogen-bond acceptors (Lipinski definition) is 3. The average Bonchev–Trinajstić information content (AvgIpc) is 2.76. The largest absolute Gasteiger partial charge is 0.496 e. The number of hydrogen-bond donors (Lipinski definition) is 1. The quantitative estimate of drug-likeness (QED) is 0.793. The van der Waals surface area contributed by atoms with Crippen molar-refractivity contribution < 1.29 is 4.74 Å². The zero-order valence-corrected chi connectivity index (χ0v) is 11.6. The Hall–Kier alpha value is -2.49. The van der Waals surface area contributed by atoms with E-state index in [4.69, 9.17) is 10.5 Å². The number of aryl methyl sites for hydroxylation is 1. The summed E-state index contributed by atoms with van der Waals surface area (Å²) in [5.74, 6) is 1.43. The van der Waals surface area contributed by atoms with Crippen LogP contribution in [0.2, 0.25) is 0 Å². The molecule has 0 aliphatic carbocycles. The van der Waals surface area contributed by atoms with Crippen LogP contribution in [0.1, 0.15) is 11.1 Å². The molecule has 3 rings (SSSR count). The molecule has 0 saturated carbocycles. The lowest BCUT2D eigenvalue weighted by atomic mass is 10.1. The minimum atomic E-state index is 0.562. The Kier molecular flexibility index (Phi) is 3.06. The highest BCUT2D eigenvalue weighted by Gasteiger charge is 2.10. The third-order valence-corrected chi connectivity index (χ3v) is 3.44. The number of ether oxygens (including phenoxy) is 1. The predicted molar refractivity (Wildman–Crippen MR) is 81.0 cm³/mol. The first-order valence-corrected chi connectivity index (χ1v) is 6.53. The lowest BCUT2D eigenvalue weighted by Gasteiger charge is -2.10. The van der Waals surface area contributed by atoms with E-state index in [1.165, 1.54) is 5.56 Å². The highest BCUT2D eigenvalue weighted by molar-refractivity contribution is 5.89. The number of aromatic nitrogens is 2. The van der Waals surface area contributed by atoms with Gasteiger partial charge in [-0.1, -0.05) is 29.8 Å². The van der Waals surface area contributed by atoms with Crippen LogP contribution in [-0.2, 0) is 6.54 Å². The Morgan fingerprint density at radius 2 is 2.00 bits per heavy atom. The van der Waals surface area contributed by atoms with Crippen molar-refractivity contribution >= 4 is 16.7 Å². The summed E-state index contributed by atoms with van der Waals surface area (Å²) < 4.78 is 7.34. The van der Waals surface area contributed by atoms with Gasteiger partial charge >= 0.3 is 0 Å². The van der Waals surface area contributed by atoms with Crippen LogP contribution < -0.4 is 10.5 Å². The molecular formula is C16H17N3O. The van der Waals surface area contributed by atoms with Crippen LogP contribution in [-0.4, -0.2) is 16.9 Å². The maximum Gasteiger partial charge on any atom is 0.153 e. The van der Waals surface area contributed by atoms with Crippen molar-refractivity contribution in [3.63, 3.8) is 0 Å². The molecule has 0 spiro atoms. The smallest absolute Gasteiger partial charge is 0.153 e. The zero-order valence-electron chi connectivity index (χ0n) is 11.6. The minimum Gasteiger partial charge on any atom is -0.496 e. The molecule has 4 nitrogen and oxygen atoms in total. The van der Waals surface area contributed by atoms with E-state index in [1.54, 1.807) is 7.11 Å². The van der Waals surface area contributed by atoms with E-state index in [9.17, 15) is 0 Å². The van der Waals surface area contributed by atoms with Crippen LogP contribution in [0.5, 0.6) is 5.75 Å². The first-order valence-electron chi connectivity index (χ1n) is 6.53. The molecule has 2 N–H and O–H groups in total. The van der Waals surface area contributed by atoms with Crippen LogP contribution in [0.3, 0.4) is 0 Å². The van der Waals surface area contributed by atoms with Gasteiger partial charge in [-0.3, -0.25) is 4.68 Å². The van der Waals surface area contributed by atoms with Gasteiger partial charge in [0.05, 0.1) is 19.2 Å². The molecule has 1 heterocycles. The molecule has 0 radical (unpaired) electrons. The number of anilines is 1. The number of nitrogen functional groups attached to an aromatic ring is 1. The molecule has 20 heavy (non-hydrogen) atoms. The maximum absolute atomic E-state index is 5.97. The van der Waals surface area contributed by atoms with Crippen molar-refractivity contribution in [2.24, 2.45) is 0 Å². The van der Waals surface area contributed by atoms with Gasteiger partial charge in [-0.25, -0.2) is 0 Å². The van der Waals surface area contributed by atoms with Gasteiger partial charge in [0.2, 0.25) is 0 Å². The molecule has 102 valence electrons. The molecule has 0 aliphatic rings. The second kappa shape index (κ2) is 4.89. The molecule has 0 saturated heterocycles. The van der Waals surface area contributed by atoms with Gasteiger partial charge in [-0.2, -0.15) is 5.10 Å². The Balaban J connectivity index is 2.08. The third kappa shape index (κ3) is 2.09. The van der Waals surface area contributed by atoms with Gasteiger partial charge in [0, 0.05) is 10.9 Å². The Morgan fingerprint density at radius 3 is 2.80 bits per heavy atom. The molecule has 0 amide bonds. The van der Waals surface area contributed by atoms with Crippen molar-refractivity contribution in [3.05, 3.63) is 53.6 Å². The lowest BCUT2D eigenvalue weighted by molar-refractivity contribution is 0.407. The van der Waals surface area contributed by atoms with Crippen molar-refractivity contribution in [2.45, 2.75) is 13.5 Å². The maximum atomic E-state index is 5.97. The summed E-state index contributed by atoms with van der Waals surface area (Å²) >= 11 is 0. The van der Waals surface area contributed by atoms with Crippen LogP contribution >= 0.6 is 0 Å². The van der Waals surface area contributed by atoms with Crippen LogP contribution in [0.25, 0.3) is 10.9 Å². The average molecular weight is 267 g/mol. The van der Waals surface area contributed by atoms with Gasteiger partial charge < -0.3 is 10.5 Å². The van der Waals surface area contributed by atoms with E-state index < -0.39 is 0 Å². The fourth-order valence-corrected chi connectivity index (χ4v) is 2.47. The number of rotatable bonds is 3. The summed E-state index contributed by atoms with van der Waals surface area (Å²) in [5.41, 5.74) is 9.30. The van der Waals surface area contributed by atoms with Crippen molar-refractivity contribution in [1.29, 1.82) is 0 Å². The molecule has 2 aromatic carbocycles. The van der Waals surface area contributed by atoms with E-state index in [-0.39, 0.29) is 0 Å². The molecule has 0 atom stereocenters. The van der Waals surface area contributed by atoms with Crippen molar-refractivity contribution in [1.82, 2.24) is 9.78 Å². The molecule has 3 aromatic rings. The molecule has 0 aliphatic heterocycles. The summed E-state index contributed by atoms with van der Waals surface area (Å²) in [4.78, 5) is 0. The second-order valence-corrected chi connectivity index (χ2v) is 4.88. The highest BCUT2D eigenvalue weighted by atomic mass is 16.5. The summed E-state index contributed by atoms with van der Waals surface area (Å²) in [5, 5.41) is 5.41. The third-order valence-electron chi connectivity index (χ3n) is 3.44. The predicted octanol–water partition coefficient (Wildman–Crippen LogP) is 2.98. The molecule has 0 bridgehead atoms. The highest BCUT2D eigenvalue weighted by Crippen LogP contribution is 2.24. The van der Waals surface area contributed by atoms with Crippen molar-refractivity contribution in [2.75, 3.05) is 12.8 Å². The number of methoxy groups -OCH3 is 1. The zero-order chi connectivity index (χ0) is 14.1. The minimum absolute atomic E-state index is 0.562. The molecule has 4 heteroatoms. The topological polar surface area (TPSA) is 53.1 Å². The Bertz CT molecular complexity index is 762. The summed E-state index contributed by atoms with van der Waals surface area (Å²) in [6.45, 7) is 2.71. The molecule has 1 aromatic heterocycles. The number of benzene rings is 2. The van der Waals surface area contributed by atoms with Crippen LogP contribution in [0, 0.1) is 6.92 Å². The summed E-state index contributed by atoms with van der Waals surface area (Å²) in [6, 6.07) is 14.1. The van der Waals surface area contributed by atoms with E-state index in [0.29, 0.717) is 12.4 Å². The molecule has 0 unspecified atom stereocenters. The van der Waals surface area contributed by atoms with E-state index in [2.05, 4.69) is 18.1 Å². The van der Waals surface area contributed by atoms with E-state index >= 15 is 0 Å². The Labute approximate surface area is 117 Å². The molecule has 0 fully saturated rings. The SMILES string of the molecule is COc1ccc(C)cc1Cn1nc(N)c2ccccc21. The second-order valence-electron chi connectivity index (χ2n) is 4.88. The fraction of sp³-hybridized carbons (Fsp3) is 0.188.